The van der Waals surface area contributed by atoms with Crippen LogP contribution in [0.15, 0.2) is 18.2 Å². The van der Waals surface area contributed by atoms with E-state index in [1.807, 2.05) is 12.1 Å². The van der Waals surface area contributed by atoms with E-state index in [-0.39, 0.29) is 12.7 Å². The highest BCUT2D eigenvalue weighted by molar-refractivity contribution is 7.99. The maximum absolute atomic E-state index is 12.6. The van der Waals surface area contributed by atoms with E-state index in [1.165, 1.54) is 57.1 Å². The third kappa shape index (κ3) is 3.84. The molecular formula is C21H29N3O3S. The molecule has 0 spiro atoms. The predicted molar refractivity (Wildman–Crippen MR) is 110 cm³/mol. The van der Waals surface area contributed by atoms with Gasteiger partial charge in [-0.2, -0.15) is 11.8 Å². The number of nitrogens with zero attached hydrogens (tertiary/aromatic N) is 2. The lowest BCUT2D eigenvalue weighted by molar-refractivity contribution is -0.0104. The van der Waals surface area contributed by atoms with Crippen molar-refractivity contribution in [3.05, 3.63) is 23.8 Å². The molecule has 0 aromatic heterocycles. The molecule has 1 amide bonds. The number of hydrogen-bond acceptors (Lipinski definition) is 6. The monoisotopic (exact) mass is 403 g/mol. The van der Waals surface area contributed by atoms with Gasteiger partial charge in [0.1, 0.15) is 0 Å². The number of ether oxygens (including phenoxy) is 2. The van der Waals surface area contributed by atoms with Crippen LogP contribution in [0.1, 0.15) is 23.2 Å². The lowest BCUT2D eigenvalue weighted by atomic mass is 9.75. The van der Waals surface area contributed by atoms with Crippen LogP contribution < -0.4 is 14.8 Å². The fourth-order valence-corrected chi connectivity index (χ4v) is 6.11. The summed E-state index contributed by atoms with van der Waals surface area (Å²) >= 11 is 2.08. The van der Waals surface area contributed by atoms with E-state index in [0.717, 1.165) is 18.4 Å². The second-order valence-electron chi connectivity index (χ2n) is 8.38. The molecule has 4 unspecified atom stereocenters. The van der Waals surface area contributed by atoms with Gasteiger partial charge in [-0.25, -0.2) is 0 Å². The second kappa shape index (κ2) is 8.13. The van der Waals surface area contributed by atoms with Gasteiger partial charge in [0.2, 0.25) is 6.79 Å². The van der Waals surface area contributed by atoms with Crippen LogP contribution in [0, 0.1) is 11.8 Å². The number of piperidine rings is 3. The van der Waals surface area contributed by atoms with Gasteiger partial charge < -0.3 is 19.7 Å². The molecule has 0 radical (unpaired) electrons. The molecule has 5 aliphatic rings. The SMILES string of the molecule is O=C(NCC1CC2CCN1CC2CN1CCSCC1)c1ccc2c(c1)OCO2. The van der Waals surface area contributed by atoms with E-state index in [9.17, 15) is 4.79 Å². The number of thioether (sulfide) groups is 1. The fourth-order valence-electron chi connectivity index (χ4n) is 5.13. The summed E-state index contributed by atoms with van der Waals surface area (Å²) in [7, 11) is 0. The molecule has 5 aliphatic heterocycles. The van der Waals surface area contributed by atoms with E-state index < -0.39 is 0 Å². The minimum atomic E-state index is -0.0247. The summed E-state index contributed by atoms with van der Waals surface area (Å²) in [6, 6.07) is 5.87. The molecule has 7 heteroatoms. The summed E-state index contributed by atoms with van der Waals surface area (Å²) in [6.45, 7) is 7.11. The molecule has 1 N–H and O–H groups in total. The van der Waals surface area contributed by atoms with E-state index in [1.54, 1.807) is 6.07 Å². The Hall–Kier alpha value is -1.44. The predicted octanol–water partition coefficient (Wildman–Crippen LogP) is 1.90. The van der Waals surface area contributed by atoms with Crippen molar-refractivity contribution >= 4 is 17.7 Å². The smallest absolute Gasteiger partial charge is 0.251 e. The fraction of sp³-hybridized carbons (Fsp3) is 0.667. The standard InChI is InChI=1S/C21H29N3O3S/c25-21(16-1-2-19-20(10-16)27-14-26-19)22-11-18-9-15-3-4-24(18)13-17(15)12-23-5-7-28-8-6-23/h1-2,10,15,17-18H,3-9,11-14H2,(H,22,25). The number of nitrogens with one attached hydrogen (secondary N) is 1. The van der Waals surface area contributed by atoms with Gasteiger partial charge in [0, 0.05) is 55.8 Å². The van der Waals surface area contributed by atoms with E-state index in [4.69, 9.17) is 9.47 Å². The average Bonchev–Trinajstić information content (AvgIpc) is 3.21. The maximum Gasteiger partial charge on any atom is 0.251 e. The number of carbonyl (C=O) groups excluding carboxylic acids is 1. The van der Waals surface area contributed by atoms with Crippen LogP contribution in [0.4, 0.5) is 0 Å². The molecule has 5 heterocycles. The van der Waals surface area contributed by atoms with Gasteiger partial charge in [-0.15, -0.1) is 0 Å². The van der Waals surface area contributed by atoms with Gasteiger partial charge in [-0.3, -0.25) is 9.69 Å². The highest BCUT2D eigenvalue weighted by Crippen LogP contribution is 2.37. The average molecular weight is 404 g/mol. The molecular weight excluding hydrogens is 374 g/mol. The van der Waals surface area contributed by atoms with E-state index in [0.29, 0.717) is 23.1 Å². The Morgan fingerprint density at radius 3 is 2.86 bits per heavy atom. The van der Waals surface area contributed by atoms with Crippen molar-refractivity contribution in [3.8, 4) is 11.5 Å². The van der Waals surface area contributed by atoms with Gasteiger partial charge in [0.15, 0.2) is 11.5 Å². The first-order chi connectivity index (χ1) is 13.8. The van der Waals surface area contributed by atoms with Crippen LogP contribution in [-0.2, 0) is 0 Å². The molecule has 4 atom stereocenters. The van der Waals surface area contributed by atoms with Crippen molar-refractivity contribution in [3.63, 3.8) is 0 Å². The van der Waals surface area contributed by atoms with Gasteiger partial charge in [0.25, 0.3) is 5.91 Å². The van der Waals surface area contributed by atoms with Crippen molar-refractivity contribution in [2.45, 2.75) is 18.9 Å². The summed E-state index contributed by atoms with van der Waals surface area (Å²) in [5, 5.41) is 3.15. The molecule has 4 fully saturated rings. The summed E-state index contributed by atoms with van der Waals surface area (Å²) in [5.41, 5.74) is 0.640. The zero-order chi connectivity index (χ0) is 18.9. The van der Waals surface area contributed by atoms with Gasteiger partial charge in [-0.1, -0.05) is 0 Å². The lowest BCUT2D eigenvalue weighted by Crippen LogP contribution is -2.58. The van der Waals surface area contributed by atoms with Crippen molar-refractivity contribution in [2.24, 2.45) is 11.8 Å². The molecule has 0 saturated carbocycles. The Labute approximate surface area is 170 Å². The van der Waals surface area contributed by atoms with Crippen LogP contribution in [-0.4, -0.2) is 79.3 Å². The molecule has 4 saturated heterocycles. The topological polar surface area (TPSA) is 54.0 Å². The Morgan fingerprint density at radius 2 is 2.04 bits per heavy atom. The lowest BCUT2D eigenvalue weighted by Gasteiger charge is -2.51. The van der Waals surface area contributed by atoms with Crippen LogP contribution >= 0.6 is 11.8 Å². The minimum absolute atomic E-state index is 0.0247. The summed E-state index contributed by atoms with van der Waals surface area (Å²) < 4.78 is 10.7. The summed E-state index contributed by atoms with van der Waals surface area (Å²) in [4.78, 5) is 17.9. The first-order valence-electron chi connectivity index (χ1n) is 10.5. The number of hydrogen-bond donors (Lipinski definition) is 1. The van der Waals surface area contributed by atoms with E-state index in [2.05, 4.69) is 26.9 Å². The molecule has 1 aromatic rings. The first-order valence-corrected chi connectivity index (χ1v) is 11.6. The number of amides is 1. The Bertz CT molecular complexity index is 725. The summed E-state index contributed by atoms with van der Waals surface area (Å²) in [5.74, 6) is 5.54. The first kappa shape index (κ1) is 18.6. The molecule has 152 valence electrons. The second-order valence-corrected chi connectivity index (χ2v) is 9.61. The normalized spacial score (nSPS) is 31.7. The Kier molecular flexibility index (Phi) is 5.39. The van der Waals surface area contributed by atoms with Gasteiger partial charge in [0.05, 0.1) is 0 Å². The van der Waals surface area contributed by atoms with Crippen molar-refractivity contribution in [1.82, 2.24) is 15.1 Å². The molecule has 0 aliphatic carbocycles. The van der Waals surface area contributed by atoms with Crippen LogP contribution in [0.2, 0.25) is 0 Å². The summed E-state index contributed by atoms with van der Waals surface area (Å²) in [6.07, 6.45) is 2.54. The number of rotatable bonds is 5. The molecule has 2 bridgehead atoms. The van der Waals surface area contributed by atoms with E-state index >= 15 is 0 Å². The van der Waals surface area contributed by atoms with Crippen molar-refractivity contribution in [1.29, 1.82) is 0 Å². The maximum atomic E-state index is 12.6. The zero-order valence-corrected chi connectivity index (χ0v) is 17.1. The molecule has 28 heavy (non-hydrogen) atoms. The third-order valence-corrected chi connectivity index (χ3v) is 7.69. The number of fused-ring (bicyclic) bond motifs is 4. The Morgan fingerprint density at radius 1 is 1.18 bits per heavy atom. The molecule has 6 rings (SSSR count). The highest BCUT2D eigenvalue weighted by Gasteiger charge is 2.40. The van der Waals surface area contributed by atoms with Crippen LogP contribution in [0.5, 0.6) is 11.5 Å². The Balaban J connectivity index is 1.14. The largest absolute Gasteiger partial charge is 0.454 e. The van der Waals surface area contributed by atoms with Crippen LogP contribution in [0.25, 0.3) is 0 Å². The zero-order valence-electron chi connectivity index (χ0n) is 16.3. The quantitative estimate of drug-likeness (QED) is 0.811. The van der Waals surface area contributed by atoms with Crippen molar-refractivity contribution < 1.29 is 14.3 Å². The minimum Gasteiger partial charge on any atom is -0.454 e. The molecule has 6 nitrogen and oxygen atoms in total. The molecule has 1 aromatic carbocycles. The number of carbonyl (C=O) groups is 1. The van der Waals surface area contributed by atoms with Crippen molar-refractivity contribution in [2.75, 3.05) is 57.6 Å². The third-order valence-electron chi connectivity index (χ3n) is 6.74. The highest BCUT2D eigenvalue weighted by atomic mass is 32.2. The van der Waals surface area contributed by atoms with Gasteiger partial charge in [-0.05, 0) is 49.4 Å². The van der Waals surface area contributed by atoms with Crippen LogP contribution in [0.3, 0.4) is 0 Å². The van der Waals surface area contributed by atoms with Gasteiger partial charge >= 0.3 is 0 Å². The number of benzene rings is 1.